The zero-order valence-electron chi connectivity index (χ0n) is 9.82. The van der Waals surface area contributed by atoms with Crippen LogP contribution in [0, 0.1) is 5.92 Å². The van der Waals surface area contributed by atoms with Crippen molar-refractivity contribution in [3.63, 3.8) is 0 Å². The Hall–Kier alpha value is -0.160. The maximum Gasteiger partial charge on any atom is 0.103 e. The minimum absolute atomic E-state index is 0. The molecule has 0 aliphatic carbocycles. The Bertz CT molecular complexity index is 130. The molecule has 5 N–H and O–H groups in total. The zero-order valence-corrected chi connectivity index (χ0v) is 9.82. The van der Waals surface area contributed by atoms with Crippen molar-refractivity contribution >= 4 is 0 Å². The van der Waals surface area contributed by atoms with Crippen LogP contribution in [0.4, 0.5) is 0 Å². The SMILES string of the molecule is CCCCCC(CC)C(O)C(O)CO.O. The van der Waals surface area contributed by atoms with Crippen molar-refractivity contribution in [3.8, 4) is 0 Å². The molecule has 0 saturated carbocycles. The molecule has 0 aliphatic rings. The molecular weight excluding hydrogens is 196 g/mol. The van der Waals surface area contributed by atoms with Crippen LogP contribution >= 0.6 is 0 Å². The standard InChI is InChI=1S/C11H24O3.H2O/c1-3-5-6-7-9(4-2)11(14)10(13)8-12;/h9-14H,3-8H2,1-2H3;1H2. The molecule has 0 aliphatic heterocycles. The summed E-state index contributed by atoms with van der Waals surface area (Å²) in [5, 5.41) is 27.7. The summed E-state index contributed by atoms with van der Waals surface area (Å²) in [7, 11) is 0. The molecule has 0 radical (unpaired) electrons. The van der Waals surface area contributed by atoms with Crippen LogP contribution in [0.15, 0.2) is 0 Å². The van der Waals surface area contributed by atoms with Crippen molar-refractivity contribution < 1.29 is 20.8 Å². The first-order valence-corrected chi connectivity index (χ1v) is 5.64. The lowest BCUT2D eigenvalue weighted by Gasteiger charge is -2.24. The zero-order chi connectivity index (χ0) is 11.0. The molecule has 15 heavy (non-hydrogen) atoms. The second kappa shape index (κ2) is 10.4. The highest BCUT2D eigenvalue weighted by Crippen LogP contribution is 2.19. The number of aliphatic hydroxyl groups is 3. The summed E-state index contributed by atoms with van der Waals surface area (Å²) in [5.41, 5.74) is 0. The van der Waals surface area contributed by atoms with Gasteiger partial charge >= 0.3 is 0 Å². The van der Waals surface area contributed by atoms with Gasteiger partial charge in [0.05, 0.1) is 12.7 Å². The van der Waals surface area contributed by atoms with Crippen molar-refractivity contribution in [3.05, 3.63) is 0 Å². The van der Waals surface area contributed by atoms with Crippen molar-refractivity contribution in [2.45, 2.75) is 58.2 Å². The minimum atomic E-state index is -0.985. The molecule has 4 heteroatoms. The van der Waals surface area contributed by atoms with E-state index >= 15 is 0 Å². The summed E-state index contributed by atoms with van der Waals surface area (Å²) in [6.07, 6.45) is 3.44. The van der Waals surface area contributed by atoms with E-state index in [1.807, 2.05) is 6.92 Å². The molecule has 3 atom stereocenters. The Morgan fingerprint density at radius 2 is 1.67 bits per heavy atom. The second-order valence-corrected chi connectivity index (χ2v) is 3.90. The lowest BCUT2D eigenvalue weighted by Crippen LogP contribution is -2.35. The Morgan fingerprint density at radius 3 is 2.07 bits per heavy atom. The van der Waals surface area contributed by atoms with E-state index < -0.39 is 12.2 Å². The van der Waals surface area contributed by atoms with E-state index in [2.05, 4.69) is 6.92 Å². The maximum atomic E-state index is 9.67. The van der Waals surface area contributed by atoms with Crippen molar-refractivity contribution in [1.29, 1.82) is 0 Å². The highest BCUT2D eigenvalue weighted by Gasteiger charge is 2.23. The third-order valence-electron chi connectivity index (χ3n) is 2.77. The first kappa shape index (κ1) is 17.2. The number of hydrogen-bond donors (Lipinski definition) is 3. The van der Waals surface area contributed by atoms with E-state index in [4.69, 9.17) is 5.11 Å². The molecule has 4 nitrogen and oxygen atoms in total. The lowest BCUT2D eigenvalue weighted by atomic mass is 9.90. The van der Waals surface area contributed by atoms with Gasteiger partial charge in [-0.2, -0.15) is 0 Å². The van der Waals surface area contributed by atoms with Crippen LogP contribution in [-0.2, 0) is 0 Å². The predicted octanol–water partition coefficient (Wildman–Crippen LogP) is 0.482. The van der Waals surface area contributed by atoms with Gasteiger partial charge in [-0.05, 0) is 12.3 Å². The molecule has 0 aromatic carbocycles. The van der Waals surface area contributed by atoms with Crippen molar-refractivity contribution in [1.82, 2.24) is 0 Å². The van der Waals surface area contributed by atoms with Gasteiger partial charge < -0.3 is 20.8 Å². The maximum absolute atomic E-state index is 9.67. The first-order chi connectivity index (χ1) is 6.67. The van der Waals surface area contributed by atoms with Gasteiger partial charge in [-0.15, -0.1) is 0 Å². The van der Waals surface area contributed by atoms with Gasteiger partial charge in [-0.3, -0.25) is 0 Å². The monoisotopic (exact) mass is 222 g/mol. The average Bonchev–Trinajstić information content (AvgIpc) is 2.22. The Balaban J connectivity index is 0. The molecule has 94 valence electrons. The average molecular weight is 222 g/mol. The largest absolute Gasteiger partial charge is 0.412 e. The molecule has 0 bridgehead atoms. The fourth-order valence-electron chi connectivity index (χ4n) is 1.70. The fraction of sp³-hybridized carbons (Fsp3) is 1.00. The van der Waals surface area contributed by atoms with Gasteiger partial charge in [-0.1, -0.05) is 39.5 Å². The van der Waals surface area contributed by atoms with Gasteiger partial charge in [0, 0.05) is 0 Å². The van der Waals surface area contributed by atoms with E-state index in [-0.39, 0.29) is 18.0 Å². The molecule has 0 fully saturated rings. The molecule has 0 rings (SSSR count). The van der Waals surface area contributed by atoms with Gasteiger partial charge in [0.2, 0.25) is 0 Å². The number of aliphatic hydroxyl groups excluding tert-OH is 3. The lowest BCUT2D eigenvalue weighted by molar-refractivity contribution is -0.0461. The van der Waals surface area contributed by atoms with Crippen LogP contribution in [0.25, 0.3) is 0 Å². The van der Waals surface area contributed by atoms with Crippen molar-refractivity contribution in [2.24, 2.45) is 5.92 Å². The smallest absolute Gasteiger partial charge is 0.103 e. The summed E-state index contributed by atoms with van der Waals surface area (Å²) in [6.45, 7) is 3.79. The van der Waals surface area contributed by atoms with E-state index in [0.717, 1.165) is 25.7 Å². The van der Waals surface area contributed by atoms with Crippen LogP contribution in [0.3, 0.4) is 0 Å². The summed E-state index contributed by atoms with van der Waals surface area (Å²) in [6, 6.07) is 0. The molecule has 0 heterocycles. The fourth-order valence-corrected chi connectivity index (χ4v) is 1.70. The molecule has 0 aromatic heterocycles. The van der Waals surface area contributed by atoms with Crippen LogP contribution in [0.1, 0.15) is 46.0 Å². The summed E-state index contributed by atoms with van der Waals surface area (Å²) < 4.78 is 0. The highest BCUT2D eigenvalue weighted by atomic mass is 16.4. The van der Waals surface area contributed by atoms with Gasteiger partial charge in [0.1, 0.15) is 6.10 Å². The highest BCUT2D eigenvalue weighted by molar-refractivity contribution is 4.74. The summed E-state index contributed by atoms with van der Waals surface area (Å²) >= 11 is 0. The normalized spacial score (nSPS) is 16.6. The van der Waals surface area contributed by atoms with Gasteiger partial charge in [0.15, 0.2) is 0 Å². The van der Waals surface area contributed by atoms with Crippen LogP contribution in [-0.4, -0.2) is 39.6 Å². The molecule has 0 saturated heterocycles. The van der Waals surface area contributed by atoms with Gasteiger partial charge in [0.25, 0.3) is 0 Å². The third-order valence-corrected chi connectivity index (χ3v) is 2.77. The van der Waals surface area contributed by atoms with E-state index in [0.29, 0.717) is 0 Å². The quantitative estimate of drug-likeness (QED) is 0.522. The van der Waals surface area contributed by atoms with E-state index in [1.165, 1.54) is 6.42 Å². The first-order valence-electron chi connectivity index (χ1n) is 5.64. The summed E-state index contributed by atoms with van der Waals surface area (Å²) in [5.74, 6) is 0.115. The second-order valence-electron chi connectivity index (χ2n) is 3.90. The van der Waals surface area contributed by atoms with Crippen molar-refractivity contribution in [2.75, 3.05) is 6.61 Å². The molecular formula is C11H26O4. The van der Waals surface area contributed by atoms with Crippen LogP contribution < -0.4 is 0 Å². The van der Waals surface area contributed by atoms with Crippen LogP contribution in [0.2, 0.25) is 0 Å². The molecule has 0 spiro atoms. The Morgan fingerprint density at radius 1 is 1.07 bits per heavy atom. The number of hydrogen-bond acceptors (Lipinski definition) is 3. The topological polar surface area (TPSA) is 92.2 Å². The predicted molar refractivity (Wildman–Crippen MR) is 60.6 cm³/mol. The number of unbranched alkanes of at least 4 members (excludes halogenated alkanes) is 2. The van der Waals surface area contributed by atoms with E-state index in [9.17, 15) is 10.2 Å². The Kier molecular flexibility index (Phi) is 11.9. The Labute approximate surface area is 92.3 Å². The molecule has 0 amide bonds. The minimum Gasteiger partial charge on any atom is -0.412 e. The molecule has 0 aromatic rings. The van der Waals surface area contributed by atoms with E-state index in [1.54, 1.807) is 0 Å². The molecule has 3 unspecified atom stereocenters. The van der Waals surface area contributed by atoms with Gasteiger partial charge in [-0.25, -0.2) is 0 Å². The summed E-state index contributed by atoms with van der Waals surface area (Å²) in [4.78, 5) is 0. The third kappa shape index (κ3) is 6.84. The number of rotatable bonds is 8. The van der Waals surface area contributed by atoms with Crippen LogP contribution in [0.5, 0.6) is 0 Å².